The molecule has 25 heavy (non-hydrogen) atoms. The molecule has 0 aromatic heterocycles. The number of piperidine rings is 1. The highest BCUT2D eigenvalue weighted by atomic mass is 32.2. The minimum absolute atomic E-state index is 0.0875. The van der Waals surface area contributed by atoms with Crippen LogP contribution in [0, 0.1) is 6.92 Å². The zero-order chi connectivity index (χ0) is 18.6. The molecule has 1 amide bonds. The molecule has 1 heterocycles. The molecule has 1 aromatic carbocycles. The summed E-state index contributed by atoms with van der Waals surface area (Å²) < 4.78 is 30.9. The van der Waals surface area contributed by atoms with Crippen LogP contribution in [0.1, 0.15) is 18.4 Å². The maximum absolute atomic E-state index is 12.4. The van der Waals surface area contributed by atoms with E-state index in [4.69, 9.17) is 4.74 Å². The topological polar surface area (TPSA) is 79.0 Å². The van der Waals surface area contributed by atoms with Crippen LogP contribution in [0.4, 0.5) is 5.69 Å². The molecular formula is C17H27N3O4S. The Hall–Kier alpha value is -1.80. The standard InChI is InChI=1S/C17H27N3O4S/c1-13-5-6-16(24-3)15(11-13)20(25(4,22)23)12-17(21)18-14-7-9-19(2)10-8-14/h5-6,11,14H,7-10,12H2,1-4H3,(H,18,21). The number of anilines is 1. The average Bonchev–Trinajstić information content (AvgIpc) is 2.54. The molecule has 2 rings (SSSR count). The molecule has 1 aliphatic heterocycles. The summed E-state index contributed by atoms with van der Waals surface area (Å²) in [6, 6.07) is 5.34. The van der Waals surface area contributed by atoms with E-state index in [2.05, 4.69) is 10.2 Å². The number of benzene rings is 1. The van der Waals surface area contributed by atoms with Gasteiger partial charge in [0.05, 0.1) is 19.1 Å². The quantitative estimate of drug-likeness (QED) is 0.809. The summed E-state index contributed by atoms with van der Waals surface area (Å²) in [5, 5.41) is 2.95. The summed E-state index contributed by atoms with van der Waals surface area (Å²) in [4.78, 5) is 14.6. The van der Waals surface area contributed by atoms with Crippen LogP contribution >= 0.6 is 0 Å². The second-order valence-corrected chi connectivity index (χ2v) is 8.50. The lowest BCUT2D eigenvalue weighted by Crippen LogP contribution is -2.47. The van der Waals surface area contributed by atoms with E-state index in [1.807, 2.05) is 20.0 Å². The molecule has 8 heteroatoms. The van der Waals surface area contributed by atoms with Gasteiger partial charge in [0, 0.05) is 6.04 Å². The number of likely N-dealkylation sites (tertiary alicyclic amines) is 1. The van der Waals surface area contributed by atoms with Crippen LogP contribution < -0.4 is 14.4 Å². The van der Waals surface area contributed by atoms with Crippen molar-refractivity contribution in [1.82, 2.24) is 10.2 Å². The monoisotopic (exact) mass is 369 g/mol. The minimum Gasteiger partial charge on any atom is -0.495 e. The van der Waals surface area contributed by atoms with Gasteiger partial charge in [-0.2, -0.15) is 0 Å². The zero-order valence-electron chi connectivity index (χ0n) is 15.3. The van der Waals surface area contributed by atoms with E-state index in [9.17, 15) is 13.2 Å². The number of nitrogens with one attached hydrogen (secondary N) is 1. The molecule has 1 aromatic rings. The van der Waals surface area contributed by atoms with E-state index in [0.29, 0.717) is 11.4 Å². The van der Waals surface area contributed by atoms with Crippen LogP contribution in [0.5, 0.6) is 5.75 Å². The molecule has 0 atom stereocenters. The fraction of sp³-hybridized carbons (Fsp3) is 0.588. The van der Waals surface area contributed by atoms with Crippen LogP contribution in [-0.2, 0) is 14.8 Å². The van der Waals surface area contributed by atoms with E-state index in [-0.39, 0.29) is 18.5 Å². The van der Waals surface area contributed by atoms with Gasteiger partial charge < -0.3 is 15.0 Å². The molecular weight excluding hydrogens is 342 g/mol. The van der Waals surface area contributed by atoms with Crippen molar-refractivity contribution >= 4 is 21.6 Å². The molecule has 0 radical (unpaired) electrons. The summed E-state index contributed by atoms with van der Waals surface area (Å²) in [5.41, 5.74) is 1.27. The third-order valence-corrected chi connectivity index (χ3v) is 5.50. The summed E-state index contributed by atoms with van der Waals surface area (Å²) in [7, 11) is -0.0993. The highest BCUT2D eigenvalue weighted by Crippen LogP contribution is 2.30. The van der Waals surface area contributed by atoms with E-state index < -0.39 is 10.0 Å². The summed E-state index contributed by atoms with van der Waals surface area (Å²) in [6.07, 6.45) is 2.83. The molecule has 0 bridgehead atoms. The number of hydrogen-bond donors (Lipinski definition) is 1. The molecule has 0 aliphatic carbocycles. The Morgan fingerprint density at radius 3 is 2.56 bits per heavy atom. The van der Waals surface area contributed by atoms with Crippen molar-refractivity contribution < 1.29 is 17.9 Å². The van der Waals surface area contributed by atoms with Gasteiger partial charge in [-0.1, -0.05) is 6.07 Å². The summed E-state index contributed by atoms with van der Waals surface area (Å²) >= 11 is 0. The van der Waals surface area contributed by atoms with Crippen molar-refractivity contribution in [3.63, 3.8) is 0 Å². The van der Waals surface area contributed by atoms with E-state index >= 15 is 0 Å². The fourth-order valence-corrected chi connectivity index (χ4v) is 3.78. The third-order valence-electron chi connectivity index (χ3n) is 4.37. The first-order chi connectivity index (χ1) is 11.7. The first-order valence-corrected chi connectivity index (χ1v) is 10.2. The molecule has 1 saturated heterocycles. The fourth-order valence-electron chi connectivity index (χ4n) is 2.93. The number of methoxy groups -OCH3 is 1. The number of hydrogen-bond acceptors (Lipinski definition) is 5. The maximum atomic E-state index is 12.4. The van der Waals surface area contributed by atoms with Gasteiger partial charge in [0.2, 0.25) is 15.9 Å². The van der Waals surface area contributed by atoms with Gasteiger partial charge in [0.15, 0.2) is 0 Å². The van der Waals surface area contributed by atoms with Crippen LogP contribution in [0.15, 0.2) is 18.2 Å². The molecule has 7 nitrogen and oxygen atoms in total. The Morgan fingerprint density at radius 1 is 1.36 bits per heavy atom. The van der Waals surface area contributed by atoms with Crippen LogP contribution in [-0.4, -0.2) is 65.3 Å². The number of aryl methyl sites for hydroxylation is 1. The van der Waals surface area contributed by atoms with Gasteiger partial charge in [-0.05, 0) is 57.6 Å². The molecule has 1 N–H and O–H groups in total. The van der Waals surface area contributed by atoms with Crippen molar-refractivity contribution in [2.45, 2.75) is 25.8 Å². The van der Waals surface area contributed by atoms with E-state index in [1.54, 1.807) is 12.1 Å². The number of ether oxygens (including phenoxy) is 1. The predicted octanol–water partition coefficient (Wildman–Crippen LogP) is 0.980. The SMILES string of the molecule is COc1ccc(C)cc1N(CC(=O)NC1CCN(C)CC1)S(C)(=O)=O. The second kappa shape index (κ2) is 8.05. The van der Waals surface area contributed by atoms with Gasteiger partial charge in [-0.15, -0.1) is 0 Å². The molecule has 0 saturated carbocycles. The normalized spacial score (nSPS) is 16.5. The Morgan fingerprint density at radius 2 is 2.00 bits per heavy atom. The predicted molar refractivity (Wildman–Crippen MR) is 98.6 cm³/mol. The first-order valence-electron chi connectivity index (χ1n) is 8.31. The van der Waals surface area contributed by atoms with Gasteiger partial charge in [0.1, 0.15) is 12.3 Å². The van der Waals surface area contributed by atoms with Crippen molar-refractivity contribution in [3.8, 4) is 5.75 Å². The van der Waals surface area contributed by atoms with E-state index in [0.717, 1.165) is 42.1 Å². The largest absolute Gasteiger partial charge is 0.495 e. The van der Waals surface area contributed by atoms with Crippen LogP contribution in [0.25, 0.3) is 0 Å². The number of amides is 1. The molecule has 1 aliphatic rings. The lowest BCUT2D eigenvalue weighted by molar-refractivity contribution is -0.120. The average molecular weight is 369 g/mol. The Kier molecular flexibility index (Phi) is 6.29. The van der Waals surface area contributed by atoms with Crippen LogP contribution in [0.3, 0.4) is 0 Å². The number of nitrogens with zero attached hydrogens (tertiary/aromatic N) is 2. The molecule has 1 fully saturated rings. The highest BCUT2D eigenvalue weighted by molar-refractivity contribution is 7.92. The second-order valence-electron chi connectivity index (χ2n) is 6.59. The highest BCUT2D eigenvalue weighted by Gasteiger charge is 2.26. The van der Waals surface area contributed by atoms with Gasteiger partial charge in [0.25, 0.3) is 0 Å². The lowest BCUT2D eigenvalue weighted by atomic mass is 10.1. The molecule has 0 unspecified atom stereocenters. The van der Waals surface area contributed by atoms with Crippen molar-refractivity contribution in [1.29, 1.82) is 0 Å². The maximum Gasteiger partial charge on any atom is 0.241 e. The zero-order valence-corrected chi connectivity index (χ0v) is 16.1. The van der Waals surface area contributed by atoms with Gasteiger partial charge in [-0.25, -0.2) is 8.42 Å². The minimum atomic E-state index is -3.63. The van der Waals surface area contributed by atoms with Crippen molar-refractivity contribution in [2.24, 2.45) is 0 Å². The summed E-state index contributed by atoms with van der Waals surface area (Å²) in [5.74, 6) is 0.117. The number of carbonyl (C=O) groups is 1. The number of rotatable bonds is 6. The van der Waals surface area contributed by atoms with Crippen LogP contribution in [0.2, 0.25) is 0 Å². The Labute approximate surface area is 150 Å². The van der Waals surface area contributed by atoms with E-state index in [1.165, 1.54) is 7.11 Å². The molecule has 140 valence electrons. The first kappa shape index (κ1) is 19.5. The van der Waals surface area contributed by atoms with Gasteiger partial charge >= 0.3 is 0 Å². The number of sulfonamides is 1. The molecule has 0 spiro atoms. The Balaban J connectivity index is 2.16. The Bertz CT molecular complexity index is 713. The third kappa shape index (κ3) is 5.34. The lowest BCUT2D eigenvalue weighted by Gasteiger charge is -2.30. The van der Waals surface area contributed by atoms with Crippen molar-refractivity contribution in [2.75, 3.05) is 44.4 Å². The van der Waals surface area contributed by atoms with Gasteiger partial charge in [-0.3, -0.25) is 9.10 Å². The summed E-state index contributed by atoms with van der Waals surface area (Å²) in [6.45, 7) is 3.45. The smallest absolute Gasteiger partial charge is 0.241 e. The van der Waals surface area contributed by atoms with Crippen molar-refractivity contribution in [3.05, 3.63) is 23.8 Å². The number of carbonyl (C=O) groups excluding carboxylic acids is 1.